The van der Waals surface area contributed by atoms with E-state index in [2.05, 4.69) is 27.8 Å². The van der Waals surface area contributed by atoms with Gasteiger partial charge >= 0.3 is 0 Å². The second kappa shape index (κ2) is 6.44. The van der Waals surface area contributed by atoms with Crippen molar-refractivity contribution in [2.75, 3.05) is 25.0 Å². The van der Waals surface area contributed by atoms with Crippen LogP contribution in [0.2, 0.25) is 0 Å². The summed E-state index contributed by atoms with van der Waals surface area (Å²) in [6.45, 7) is 6.21. The minimum atomic E-state index is 0. The van der Waals surface area contributed by atoms with Gasteiger partial charge in [-0.15, -0.1) is 17.0 Å². The van der Waals surface area contributed by atoms with Gasteiger partial charge in [0, 0.05) is 11.9 Å². The Bertz CT molecular complexity index is 90.1. The van der Waals surface area contributed by atoms with Crippen molar-refractivity contribution >= 4 is 32.9 Å². The third-order valence-electron chi connectivity index (χ3n) is 2.28. The first-order valence-corrected chi connectivity index (χ1v) is 5.23. The van der Waals surface area contributed by atoms with Crippen molar-refractivity contribution in [3.63, 3.8) is 0 Å². The number of nitrogens with zero attached hydrogens (tertiary/aromatic N) is 1. The average Bonchev–Trinajstić information content (AvgIpc) is 1.95. The Morgan fingerprint density at radius 2 is 1.91 bits per heavy atom. The Morgan fingerprint density at radius 1 is 1.36 bits per heavy atom. The topological polar surface area (TPSA) is 3.24 Å². The van der Waals surface area contributed by atoms with Gasteiger partial charge in [0.15, 0.2) is 0 Å². The summed E-state index contributed by atoms with van der Waals surface area (Å²) in [5, 5.41) is 1.13. The van der Waals surface area contributed by atoms with Crippen molar-refractivity contribution in [2.45, 2.75) is 19.8 Å². The third-order valence-corrected chi connectivity index (χ3v) is 2.63. The molecule has 0 aromatic rings. The molecule has 1 saturated heterocycles. The van der Waals surface area contributed by atoms with Crippen LogP contribution in [0.5, 0.6) is 0 Å². The molecule has 0 unspecified atom stereocenters. The molecule has 0 radical (unpaired) electrons. The highest BCUT2D eigenvalue weighted by Gasteiger charge is 2.13. The molecule has 0 aromatic heterocycles. The second-order valence-corrected chi connectivity index (χ2v) is 4.01. The van der Waals surface area contributed by atoms with Crippen molar-refractivity contribution in [1.29, 1.82) is 0 Å². The van der Waals surface area contributed by atoms with Crippen molar-refractivity contribution in [2.24, 2.45) is 5.92 Å². The van der Waals surface area contributed by atoms with E-state index in [1.165, 1.54) is 32.5 Å². The first-order valence-electron chi connectivity index (χ1n) is 4.11. The van der Waals surface area contributed by atoms with E-state index in [1.807, 2.05) is 0 Å². The van der Waals surface area contributed by atoms with E-state index in [0.29, 0.717) is 0 Å². The highest BCUT2D eigenvalue weighted by atomic mass is 79.9. The molecular weight excluding hydrogens is 270 g/mol. The van der Waals surface area contributed by atoms with Gasteiger partial charge in [-0.3, -0.25) is 0 Å². The van der Waals surface area contributed by atoms with Crippen LogP contribution in [-0.4, -0.2) is 29.9 Å². The predicted octanol–water partition coefficient (Wildman–Crippen LogP) is 2.69. The van der Waals surface area contributed by atoms with Crippen LogP contribution in [0.1, 0.15) is 19.8 Å². The third kappa shape index (κ3) is 4.48. The van der Waals surface area contributed by atoms with Crippen LogP contribution >= 0.6 is 32.9 Å². The van der Waals surface area contributed by atoms with E-state index < -0.39 is 0 Å². The maximum atomic E-state index is 3.46. The van der Waals surface area contributed by atoms with Gasteiger partial charge in [0.2, 0.25) is 0 Å². The van der Waals surface area contributed by atoms with Crippen LogP contribution in [0.25, 0.3) is 0 Å². The summed E-state index contributed by atoms with van der Waals surface area (Å²) in [4.78, 5) is 2.54. The average molecular weight is 287 g/mol. The molecule has 0 N–H and O–H groups in total. The smallest absolute Gasteiger partial charge is 0.0159 e. The molecule has 0 atom stereocenters. The molecule has 0 aromatic carbocycles. The van der Waals surface area contributed by atoms with Crippen molar-refractivity contribution in [3.8, 4) is 0 Å². The van der Waals surface area contributed by atoms with Crippen molar-refractivity contribution in [1.82, 2.24) is 4.90 Å². The Kier molecular flexibility index (Phi) is 6.98. The minimum Gasteiger partial charge on any atom is -0.302 e. The van der Waals surface area contributed by atoms with Crippen LogP contribution in [-0.2, 0) is 0 Å². The van der Waals surface area contributed by atoms with Gasteiger partial charge in [-0.25, -0.2) is 0 Å². The zero-order chi connectivity index (χ0) is 7.40. The summed E-state index contributed by atoms with van der Waals surface area (Å²) in [6.07, 6.45) is 2.79. The van der Waals surface area contributed by atoms with Crippen LogP contribution in [0.3, 0.4) is 0 Å². The quantitative estimate of drug-likeness (QED) is 0.706. The molecule has 0 bridgehead atoms. The molecule has 0 aliphatic carbocycles. The number of hydrogen-bond donors (Lipinski definition) is 0. The molecule has 1 heterocycles. The number of alkyl halides is 1. The zero-order valence-corrected chi connectivity index (χ0v) is 10.4. The molecule has 0 spiro atoms. The van der Waals surface area contributed by atoms with Crippen LogP contribution in [0, 0.1) is 5.92 Å². The number of halogens is 2. The van der Waals surface area contributed by atoms with Crippen molar-refractivity contribution < 1.29 is 0 Å². The Hall–Kier alpha value is 0.920. The zero-order valence-electron chi connectivity index (χ0n) is 7.05. The lowest BCUT2D eigenvalue weighted by molar-refractivity contribution is 0.203. The van der Waals surface area contributed by atoms with Crippen molar-refractivity contribution in [3.05, 3.63) is 0 Å². The summed E-state index contributed by atoms with van der Waals surface area (Å²) >= 11 is 3.46. The van der Waals surface area contributed by atoms with Crippen LogP contribution < -0.4 is 0 Å². The first kappa shape index (κ1) is 11.9. The fourth-order valence-corrected chi connectivity index (χ4v) is 1.91. The fourth-order valence-electron chi connectivity index (χ4n) is 1.41. The monoisotopic (exact) mass is 285 g/mol. The molecule has 3 heteroatoms. The SMILES string of the molecule is Br.CC1CCN(CCBr)CC1. The molecule has 0 amide bonds. The van der Waals surface area contributed by atoms with E-state index in [1.54, 1.807) is 0 Å². The van der Waals surface area contributed by atoms with Gasteiger partial charge in [0.25, 0.3) is 0 Å². The van der Waals surface area contributed by atoms with Crippen LogP contribution in [0.4, 0.5) is 0 Å². The van der Waals surface area contributed by atoms with E-state index in [4.69, 9.17) is 0 Å². The highest BCUT2D eigenvalue weighted by Crippen LogP contribution is 2.15. The highest BCUT2D eigenvalue weighted by molar-refractivity contribution is 9.09. The molecule has 1 fully saturated rings. The van der Waals surface area contributed by atoms with Gasteiger partial charge in [-0.2, -0.15) is 0 Å². The van der Waals surface area contributed by atoms with Gasteiger partial charge in [-0.05, 0) is 31.8 Å². The number of hydrogen-bond acceptors (Lipinski definition) is 1. The summed E-state index contributed by atoms with van der Waals surface area (Å²) in [5.41, 5.74) is 0. The maximum absolute atomic E-state index is 3.46. The molecular formula is C8H17Br2N. The normalized spacial score (nSPS) is 21.3. The van der Waals surface area contributed by atoms with Gasteiger partial charge in [0.1, 0.15) is 0 Å². The second-order valence-electron chi connectivity index (χ2n) is 3.21. The fraction of sp³-hybridized carbons (Fsp3) is 1.00. The summed E-state index contributed by atoms with van der Waals surface area (Å²) in [5.74, 6) is 0.964. The lowest BCUT2D eigenvalue weighted by Gasteiger charge is -2.29. The molecule has 0 saturated carbocycles. The van der Waals surface area contributed by atoms with Gasteiger partial charge in [0.05, 0.1) is 0 Å². The standard InChI is InChI=1S/C8H16BrN.BrH/c1-8-2-5-10(6-3-8)7-4-9;/h8H,2-7H2,1H3;1H. The maximum Gasteiger partial charge on any atom is 0.0159 e. The van der Waals surface area contributed by atoms with E-state index >= 15 is 0 Å². The molecule has 1 aliphatic heterocycles. The molecule has 68 valence electrons. The summed E-state index contributed by atoms with van der Waals surface area (Å²) in [6, 6.07) is 0. The summed E-state index contributed by atoms with van der Waals surface area (Å²) < 4.78 is 0. The minimum absolute atomic E-state index is 0. The summed E-state index contributed by atoms with van der Waals surface area (Å²) in [7, 11) is 0. The number of likely N-dealkylation sites (tertiary alicyclic amines) is 1. The first-order chi connectivity index (χ1) is 4.83. The van der Waals surface area contributed by atoms with E-state index in [9.17, 15) is 0 Å². The Morgan fingerprint density at radius 3 is 2.36 bits per heavy atom. The predicted molar refractivity (Wildman–Crippen MR) is 59.0 cm³/mol. The Balaban J connectivity index is 0.000001000. The lowest BCUT2D eigenvalue weighted by atomic mass is 9.99. The Labute approximate surface area is 88.4 Å². The lowest BCUT2D eigenvalue weighted by Crippen LogP contribution is -2.34. The number of rotatable bonds is 2. The molecule has 1 aliphatic rings. The molecule has 11 heavy (non-hydrogen) atoms. The van der Waals surface area contributed by atoms with Crippen LogP contribution in [0.15, 0.2) is 0 Å². The van der Waals surface area contributed by atoms with Gasteiger partial charge < -0.3 is 4.90 Å². The molecule has 1 rings (SSSR count). The van der Waals surface area contributed by atoms with E-state index in [0.717, 1.165) is 11.2 Å². The van der Waals surface area contributed by atoms with Gasteiger partial charge in [-0.1, -0.05) is 22.9 Å². The van der Waals surface area contributed by atoms with E-state index in [-0.39, 0.29) is 17.0 Å². The number of piperidine rings is 1. The largest absolute Gasteiger partial charge is 0.302 e. The molecule has 1 nitrogen and oxygen atoms in total.